The highest BCUT2D eigenvalue weighted by Gasteiger charge is 2.30. The van der Waals surface area contributed by atoms with E-state index in [4.69, 9.17) is 11.6 Å². The zero-order valence-corrected chi connectivity index (χ0v) is 8.20. The van der Waals surface area contributed by atoms with Gasteiger partial charge in [-0.3, -0.25) is 0 Å². The van der Waals surface area contributed by atoms with E-state index in [0.717, 1.165) is 21.9 Å². The Morgan fingerprint density at radius 2 is 1.64 bits per heavy atom. The van der Waals surface area contributed by atoms with E-state index < -0.39 is 6.10 Å². The molecule has 0 radical (unpaired) electrons. The van der Waals surface area contributed by atoms with Crippen molar-refractivity contribution < 1.29 is 5.11 Å². The summed E-state index contributed by atoms with van der Waals surface area (Å²) in [6.45, 7) is 0. The Kier molecular flexibility index (Phi) is 1.61. The number of alkyl halides is 1. The Balaban J connectivity index is 2.49. The molecule has 2 unspecified atom stereocenters. The van der Waals surface area contributed by atoms with E-state index in [9.17, 15) is 5.11 Å². The average molecular weight is 205 g/mol. The average Bonchev–Trinajstić information content (AvgIpc) is 2.47. The highest BCUT2D eigenvalue weighted by molar-refractivity contribution is 6.23. The maximum atomic E-state index is 9.90. The van der Waals surface area contributed by atoms with Crippen molar-refractivity contribution in [3.8, 4) is 0 Å². The summed E-state index contributed by atoms with van der Waals surface area (Å²) in [5.41, 5.74) is 2.00. The van der Waals surface area contributed by atoms with Gasteiger partial charge in [-0.05, 0) is 21.9 Å². The minimum absolute atomic E-state index is 0.295. The summed E-state index contributed by atoms with van der Waals surface area (Å²) < 4.78 is 0. The first-order chi connectivity index (χ1) is 6.79. The Morgan fingerprint density at radius 1 is 1.00 bits per heavy atom. The first-order valence-corrected chi connectivity index (χ1v) is 5.06. The Morgan fingerprint density at radius 3 is 2.36 bits per heavy atom. The normalized spacial score (nSPS) is 24.4. The van der Waals surface area contributed by atoms with Gasteiger partial charge in [0.25, 0.3) is 0 Å². The third-order valence-corrected chi connectivity index (χ3v) is 3.34. The molecule has 1 nitrogen and oxygen atoms in total. The molecule has 1 aliphatic carbocycles. The number of hydrogen-bond acceptors (Lipinski definition) is 1. The largest absolute Gasteiger partial charge is 0.386 e. The van der Waals surface area contributed by atoms with Gasteiger partial charge in [0.1, 0.15) is 6.10 Å². The molecule has 2 aromatic carbocycles. The second kappa shape index (κ2) is 2.72. The van der Waals surface area contributed by atoms with Crippen molar-refractivity contribution >= 4 is 22.4 Å². The van der Waals surface area contributed by atoms with E-state index in [2.05, 4.69) is 0 Å². The van der Waals surface area contributed by atoms with Crippen LogP contribution in [0.5, 0.6) is 0 Å². The lowest BCUT2D eigenvalue weighted by atomic mass is 10.1. The summed E-state index contributed by atoms with van der Waals surface area (Å²) in [6.07, 6.45) is -0.558. The molecular weight excluding hydrogens is 196 g/mol. The van der Waals surface area contributed by atoms with Crippen molar-refractivity contribution in [2.75, 3.05) is 0 Å². The van der Waals surface area contributed by atoms with Gasteiger partial charge in [0, 0.05) is 0 Å². The van der Waals surface area contributed by atoms with Crippen molar-refractivity contribution in [3.63, 3.8) is 0 Å². The predicted molar refractivity (Wildman–Crippen MR) is 57.5 cm³/mol. The van der Waals surface area contributed by atoms with Gasteiger partial charge in [0.2, 0.25) is 0 Å². The zero-order valence-electron chi connectivity index (χ0n) is 7.44. The van der Waals surface area contributed by atoms with Gasteiger partial charge in [-0.1, -0.05) is 36.4 Å². The van der Waals surface area contributed by atoms with Gasteiger partial charge in [-0.15, -0.1) is 11.6 Å². The lowest BCUT2D eigenvalue weighted by molar-refractivity contribution is 0.180. The minimum atomic E-state index is -0.558. The number of benzene rings is 2. The number of aliphatic hydroxyl groups is 1. The molecule has 0 amide bonds. The van der Waals surface area contributed by atoms with Crippen LogP contribution in [-0.4, -0.2) is 5.11 Å². The van der Waals surface area contributed by atoms with E-state index in [1.807, 2.05) is 36.4 Å². The van der Waals surface area contributed by atoms with Crippen LogP contribution in [0.2, 0.25) is 0 Å². The minimum Gasteiger partial charge on any atom is -0.386 e. The van der Waals surface area contributed by atoms with Crippen molar-refractivity contribution in [3.05, 3.63) is 47.5 Å². The SMILES string of the molecule is OC1c2cccc3cccc(c23)C1Cl. The Labute approximate surface area is 86.9 Å². The van der Waals surface area contributed by atoms with Crippen LogP contribution < -0.4 is 0 Å². The summed E-state index contributed by atoms with van der Waals surface area (Å²) in [4.78, 5) is 0. The third-order valence-electron chi connectivity index (χ3n) is 2.86. The van der Waals surface area contributed by atoms with Gasteiger partial charge in [-0.25, -0.2) is 0 Å². The van der Waals surface area contributed by atoms with Gasteiger partial charge < -0.3 is 5.11 Å². The fourth-order valence-electron chi connectivity index (χ4n) is 2.20. The fraction of sp³-hybridized carbons (Fsp3) is 0.167. The highest BCUT2D eigenvalue weighted by Crippen LogP contribution is 2.47. The maximum absolute atomic E-state index is 9.90. The van der Waals surface area contributed by atoms with E-state index in [0.29, 0.717) is 0 Å². The van der Waals surface area contributed by atoms with Crippen LogP contribution in [0, 0.1) is 0 Å². The molecule has 2 aromatic rings. The molecule has 0 aliphatic heterocycles. The van der Waals surface area contributed by atoms with Crippen molar-refractivity contribution in [2.24, 2.45) is 0 Å². The summed E-state index contributed by atoms with van der Waals surface area (Å²) in [5, 5.41) is 11.9. The third kappa shape index (κ3) is 0.887. The number of halogens is 1. The number of hydrogen-bond donors (Lipinski definition) is 1. The van der Waals surface area contributed by atoms with Crippen LogP contribution in [0.3, 0.4) is 0 Å². The smallest absolute Gasteiger partial charge is 0.100 e. The maximum Gasteiger partial charge on any atom is 0.100 e. The molecule has 0 heterocycles. The molecule has 1 N–H and O–H groups in total. The van der Waals surface area contributed by atoms with Crippen LogP contribution in [0.1, 0.15) is 22.6 Å². The molecular formula is C12H9ClO. The molecule has 1 aliphatic rings. The molecule has 70 valence electrons. The van der Waals surface area contributed by atoms with Gasteiger partial charge >= 0.3 is 0 Å². The Hall–Kier alpha value is -1.05. The summed E-state index contributed by atoms with van der Waals surface area (Å²) in [5.74, 6) is 0. The lowest BCUT2D eigenvalue weighted by Gasteiger charge is -2.07. The summed E-state index contributed by atoms with van der Waals surface area (Å²) >= 11 is 6.15. The second-order valence-electron chi connectivity index (χ2n) is 3.64. The first-order valence-electron chi connectivity index (χ1n) is 4.63. The van der Waals surface area contributed by atoms with Crippen molar-refractivity contribution in [1.82, 2.24) is 0 Å². The monoisotopic (exact) mass is 204 g/mol. The van der Waals surface area contributed by atoms with Crippen molar-refractivity contribution in [2.45, 2.75) is 11.5 Å². The molecule has 0 aromatic heterocycles. The van der Waals surface area contributed by atoms with E-state index >= 15 is 0 Å². The van der Waals surface area contributed by atoms with E-state index in [1.54, 1.807) is 0 Å². The summed E-state index contributed by atoms with van der Waals surface area (Å²) in [6, 6.07) is 12.0. The summed E-state index contributed by atoms with van der Waals surface area (Å²) in [7, 11) is 0. The van der Waals surface area contributed by atoms with Crippen LogP contribution in [0.4, 0.5) is 0 Å². The topological polar surface area (TPSA) is 20.2 Å². The molecule has 2 heteroatoms. The van der Waals surface area contributed by atoms with Crippen molar-refractivity contribution in [1.29, 1.82) is 0 Å². The van der Waals surface area contributed by atoms with Crippen LogP contribution in [0.15, 0.2) is 36.4 Å². The van der Waals surface area contributed by atoms with E-state index in [-0.39, 0.29) is 5.38 Å². The number of aliphatic hydroxyl groups excluding tert-OH is 1. The fourth-order valence-corrected chi connectivity index (χ4v) is 2.52. The van der Waals surface area contributed by atoms with Crippen LogP contribution >= 0.6 is 11.6 Å². The molecule has 3 rings (SSSR count). The molecule has 2 atom stereocenters. The second-order valence-corrected chi connectivity index (χ2v) is 4.11. The molecule has 0 saturated carbocycles. The molecule has 0 fully saturated rings. The number of rotatable bonds is 0. The molecule has 14 heavy (non-hydrogen) atoms. The Bertz CT molecular complexity index is 464. The predicted octanol–water partition coefficient (Wildman–Crippen LogP) is 3.17. The lowest BCUT2D eigenvalue weighted by Crippen LogP contribution is -1.96. The highest BCUT2D eigenvalue weighted by atomic mass is 35.5. The van der Waals surface area contributed by atoms with Gasteiger partial charge in [-0.2, -0.15) is 0 Å². The van der Waals surface area contributed by atoms with Gasteiger partial charge in [0.15, 0.2) is 0 Å². The molecule has 0 bridgehead atoms. The zero-order chi connectivity index (χ0) is 9.71. The molecule has 0 saturated heterocycles. The van der Waals surface area contributed by atoms with Crippen LogP contribution in [0.25, 0.3) is 10.8 Å². The van der Waals surface area contributed by atoms with Crippen LogP contribution in [-0.2, 0) is 0 Å². The quantitative estimate of drug-likeness (QED) is 0.654. The van der Waals surface area contributed by atoms with E-state index in [1.165, 1.54) is 0 Å². The molecule has 0 spiro atoms. The van der Waals surface area contributed by atoms with Gasteiger partial charge in [0.05, 0.1) is 5.38 Å². The standard InChI is InChI=1S/C12H9ClO/c13-11-8-5-1-3-7-4-2-6-9(10(7)8)12(11)14/h1-6,11-12,14H. The first kappa shape index (κ1) is 8.27.